The van der Waals surface area contributed by atoms with Gasteiger partial charge in [0.15, 0.2) is 0 Å². The fraction of sp³-hybridized carbons (Fsp3) is 1.00. The first-order chi connectivity index (χ1) is 9.34. The fourth-order valence-electron chi connectivity index (χ4n) is 2.17. The first-order valence-electron chi connectivity index (χ1n) is 7.40. The van der Waals surface area contributed by atoms with Gasteiger partial charge in [-0.3, -0.25) is 0 Å². The molecule has 1 aliphatic heterocycles. The summed E-state index contributed by atoms with van der Waals surface area (Å²) in [6, 6.07) is 0.431. The van der Waals surface area contributed by atoms with Crippen molar-refractivity contribution >= 4 is 10.2 Å². The highest BCUT2D eigenvalue weighted by atomic mass is 32.2. The Morgan fingerprint density at radius 1 is 1.45 bits per heavy atom. The fourth-order valence-corrected chi connectivity index (χ4v) is 3.68. The summed E-state index contributed by atoms with van der Waals surface area (Å²) in [5.41, 5.74) is 0. The minimum Gasteiger partial charge on any atom is -0.377 e. The standard InChI is InChI=1S/C13H29N3O3S/c1-12(2)14-7-5-8-15(4)20(17,18)16-9-6-10-19-13(3)11-16/h12-14H,5-11H2,1-4H3. The van der Waals surface area contributed by atoms with Crippen LogP contribution in [0.5, 0.6) is 0 Å². The summed E-state index contributed by atoms with van der Waals surface area (Å²) in [6.07, 6.45) is 1.53. The molecule has 1 rings (SSSR count). The maximum Gasteiger partial charge on any atom is 0.281 e. The Hall–Kier alpha value is -0.210. The first-order valence-corrected chi connectivity index (χ1v) is 8.80. The van der Waals surface area contributed by atoms with E-state index in [2.05, 4.69) is 19.2 Å². The number of rotatable bonds is 7. The van der Waals surface area contributed by atoms with Crippen molar-refractivity contribution in [3.8, 4) is 0 Å². The third-order valence-corrected chi connectivity index (χ3v) is 5.29. The molecule has 20 heavy (non-hydrogen) atoms. The molecule has 0 aromatic rings. The number of nitrogens with zero attached hydrogens (tertiary/aromatic N) is 2. The van der Waals surface area contributed by atoms with Crippen molar-refractivity contribution in [3.05, 3.63) is 0 Å². The maximum absolute atomic E-state index is 12.5. The van der Waals surface area contributed by atoms with Crippen molar-refractivity contribution in [1.29, 1.82) is 0 Å². The van der Waals surface area contributed by atoms with E-state index in [4.69, 9.17) is 4.74 Å². The van der Waals surface area contributed by atoms with E-state index in [0.29, 0.717) is 32.3 Å². The van der Waals surface area contributed by atoms with E-state index in [-0.39, 0.29) is 6.10 Å². The average Bonchev–Trinajstić information content (AvgIpc) is 2.59. The van der Waals surface area contributed by atoms with Crippen LogP contribution in [0.25, 0.3) is 0 Å². The number of hydrogen-bond donors (Lipinski definition) is 1. The van der Waals surface area contributed by atoms with Crippen molar-refractivity contribution in [3.63, 3.8) is 0 Å². The second-order valence-corrected chi connectivity index (χ2v) is 7.72. The van der Waals surface area contributed by atoms with Crippen molar-refractivity contribution < 1.29 is 13.2 Å². The zero-order chi connectivity index (χ0) is 15.2. The molecule has 0 bridgehead atoms. The van der Waals surface area contributed by atoms with Crippen LogP contribution in [0, 0.1) is 0 Å². The summed E-state index contributed by atoms with van der Waals surface area (Å²) < 4.78 is 33.5. The lowest BCUT2D eigenvalue weighted by atomic mass is 10.3. The summed E-state index contributed by atoms with van der Waals surface area (Å²) >= 11 is 0. The quantitative estimate of drug-likeness (QED) is 0.702. The number of ether oxygens (including phenoxy) is 1. The number of hydrogen-bond acceptors (Lipinski definition) is 4. The van der Waals surface area contributed by atoms with E-state index in [9.17, 15) is 8.42 Å². The Morgan fingerprint density at radius 3 is 2.80 bits per heavy atom. The third kappa shape index (κ3) is 5.65. The topological polar surface area (TPSA) is 61.9 Å². The van der Waals surface area contributed by atoms with Gasteiger partial charge >= 0.3 is 0 Å². The van der Waals surface area contributed by atoms with Gasteiger partial charge in [-0.1, -0.05) is 13.8 Å². The summed E-state index contributed by atoms with van der Waals surface area (Å²) in [4.78, 5) is 0. The smallest absolute Gasteiger partial charge is 0.281 e. The molecule has 0 radical (unpaired) electrons. The normalized spacial score (nSPS) is 22.4. The Bertz CT molecular complexity index is 373. The van der Waals surface area contributed by atoms with Gasteiger partial charge in [-0.15, -0.1) is 0 Å². The van der Waals surface area contributed by atoms with E-state index in [1.807, 2.05) is 6.92 Å². The molecule has 0 saturated carbocycles. The molecule has 120 valence electrons. The van der Waals surface area contributed by atoms with Crippen LogP contribution in [-0.2, 0) is 14.9 Å². The van der Waals surface area contributed by atoms with E-state index < -0.39 is 10.2 Å². The van der Waals surface area contributed by atoms with Crippen LogP contribution >= 0.6 is 0 Å². The van der Waals surface area contributed by atoms with Crippen molar-refractivity contribution in [2.75, 3.05) is 39.8 Å². The monoisotopic (exact) mass is 307 g/mol. The molecule has 0 aromatic carbocycles. The van der Waals surface area contributed by atoms with E-state index in [1.165, 1.54) is 4.31 Å². The van der Waals surface area contributed by atoms with Gasteiger partial charge in [0, 0.05) is 39.3 Å². The molecule has 7 heteroatoms. The molecule has 0 spiro atoms. The Morgan fingerprint density at radius 2 is 2.15 bits per heavy atom. The lowest BCUT2D eigenvalue weighted by Crippen LogP contribution is -2.45. The molecule has 1 saturated heterocycles. The van der Waals surface area contributed by atoms with Gasteiger partial charge in [-0.25, -0.2) is 0 Å². The summed E-state index contributed by atoms with van der Waals surface area (Å²) in [6.45, 7) is 9.07. The van der Waals surface area contributed by atoms with Gasteiger partial charge in [0.1, 0.15) is 0 Å². The molecule has 1 N–H and O–H groups in total. The van der Waals surface area contributed by atoms with Crippen LogP contribution in [0.15, 0.2) is 0 Å². The molecule has 1 fully saturated rings. The SMILES string of the molecule is CC(C)NCCCN(C)S(=O)(=O)N1CCCOC(C)C1. The van der Waals surface area contributed by atoms with Crippen LogP contribution in [0.4, 0.5) is 0 Å². The minimum absolute atomic E-state index is 0.0386. The molecule has 0 aliphatic carbocycles. The van der Waals surface area contributed by atoms with Crippen LogP contribution in [0.2, 0.25) is 0 Å². The molecule has 1 heterocycles. The van der Waals surface area contributed by atoms with Gasteiger partial charge in [0.2, 0.25) is 0 Å². The molecule has 1 aliphatic rings. The van der Waals surface area contributed by atoms with Gasteiger partial charge in [-0.2, -0.15) is 17.0 Å². The molecule has 0 aromatic heterocycles. The lowest BCUT2D eigenvalue weighted by molar-refractivity contribution is 0.0747. The van der Waals surface area contributed by atoms with Crippen LogP contribution in [-0.4, -0.2) is 69.0 Å². The maximum atomic E-state index is 12.5. The van der Waals surface area contributed by atoms with Crippen LogP contribution < -0.4 is 5.32 Å². The highest BCUT2D eigenvalue weighted by Crippen LogP contribution is 2.13. The second kappa shape index (κ2) is 8.29. The van der Waals surface area contributed by atoms with Gasteiger partial charge in [-0.05, 0) is 26.3 Å². The van der Waals surface area contributed by atoms with E-state index in [1.54, 1.807) is 11.4 Å². The van der Waals surface area contributed by atoms with Gasteiger partial charge in [0.05, 0.1) is 6.10 Å². The van der Waals surface area contributed by atoms with Crippen molar-refractivity contribution in [2.24, 2.45) is 0 Å². The van der Waals surface area contributed by atoms with E-state index >= 15 is 0 Å². The van der Waals surface area contributed by atoms with E-state index in [0.717, 1.165) is 19.4 Å². The highest BCUT2D eigenvalue weighted by molar-refractivity contribution is 7.86. The summed E-state index contributed by atoms with van der Waals surface area (Å²) in [5.74, 6) is 0. The third-order valence-electron chi connectivity index (χ3n) is 3.34. The van der Waals surface area contributed by atoms with Crippen LogP contribution in [0.3, 0.4) is 0 Å². The lowest BCUT2D eigenvalue weighted by Gasteiger charge is -2.27. The molecule has 0 amide bonds. The van der Waals surface area contributed by atoms with Crippen LogP contribution in [0.1, 0.15) is 33.6 Å². The molecular formula is C13H29N3O3S. The average molecular weight is 307 g/mol. The van der Waals surface area contributed by atoms with Gasteiger partial charge < -0.3 is 10.1 Å². The predicted molar refractivity (Wildman–Crippen MR) is 80.9 cm³/mol. The highest BCUT2D eigenvalue weighted by Gasteiger charge is 2.29. The number of nitrogens with one attached hydrogen (secondary N) is 1. The molecule has 1 unspecified atom stereocenters. The largest absolute Gasteiger partial charge is 0.377 e. The zero-order valence-corrected chi connectivity index (χ0v) is 13.9. The zero-order valence-electron chi connectivity index (χ0n) is 13.1. The Labute approximate surface area is 123 Å². The molecule has 6 nitrogen and oxygen atoms in total. The Kier molecular flexibility index (Phi) is 7.39. The van der Waals surface area contributed by atoms with Gasteiger partial charge in [0.25, 0.3) is 10.2 Å². The molecular weight excluding hydrogens is 278 g/mol. The first kappa shape index (κ1) is 17.8. The minimum atomic E-state index is -3.36. The molecule has 1 atom stereocenters. The predicted octanol–water partition coefficient (Wildman–Crippen LogP) is 0.662. The van der Waals surface area contributed by atoms with Crippen molar-refractivity contribution in [2.45, 2.75) is 45.8 Å². The summed E-state index contributed by atoms with van der Waals surface area (Å²) in [7, 11) is -1.71. The van der Waals surface area contributed by atoms with Crippen molar-refractivity contribution in [1.82, 2.24) is 13.9 Å². The Balaban J connectivity index is 2.49. The second-order valence-electron chi connectivity index (χ2n) is 5.68. The summed E-state index contributed by atoms with van der Waals surface area (Å²) in [5, 5.41) is 3.29.